The number of carbonyl (C=O) groups excluding carboxylic acids is 1. The molecule has 0 aliphatic heterocycles. The Bertz CT molecular complexity index is 912. The average molecular weight is 351 g/mol. The Morgan fingerprint density at radius 1 is 1.23 bits per heavy atom. The van der Waals surface area contributed by atoms with E-state index in [1.807, 2.05) is 31.2 Å². The summed E-state index contributed by atoms with van der Waals surface area (Å²) in [6.45, 7) is 2.09. The zero-order chi connectivity index (χ0) is 18.5. The lowest BCUT2D eigenvalue weighted by molar-refractivity contribution is -0.142. The third-order valence-electron chi connectivity index (χ3n) is 4.19. The third-order valence-corrected chi connectivity index (χ3v) is 4.19. The van der Waals surface area contributed by atoms with Gasteiger partial charge in [0.25, 0.3) is 5.56 Å². The molecule has 5 nitrogen and oxygen atoms in total. The largest absolute Gasteiger partial charge is 0.482 e. The Morgan fingerprint density at radius 2 is 1.96 bits per heavy atom. The van der Waals surface area contributed by atoms with Crippen LogP contribution < -0.4 is 10.3 Å². The van der Waals surface area contributed by atoms with Gasteiger partial charge in [0, 0.05) is 23.2 Å². The maximum atomic E-state index is 12.4. The Balaban J connectivity index is 1.70. The second-order valence-electron chi connectivity index (χ2n) is 6.36. The number of hydrogen-bond acceptors (Lipinski definition) is 4. The zero-order valence-electron chi connectivity index (χ0n) is 15.0. The van der Waals surface area contributed by atoms with E-state index in [2.05, 4.69) is 16.6 Å². The minimum atomic E-state index is -0.489. The van der Waals surface area contributed by atoms with Crippen LogP contribution in [0.15, 0.2) is 41.2 Å². The van der Waals surface area contributed by atoms with Crippen LogP contribution in [0.5, 0.6) is 5.75 Å². The highest BCUT2D eigenvalue weighted by molar-refractivity contribution is 5.70. The van der Waals surface area contributed by atoms with Gasteiger partial charge < -0.3 is 14.0 Å². The summed E-state index contributed by atoms with van der Waals surface area (Å²) in [6, 6.07) is 11.1. The summed E-state index contributed by atoms with van der Waals surface area (Å²) < 4.78 is 11.5. The number of pyridine rings is 1. The maximum Gasteiger partial charge on any atom is 0.343 e. The van der Waals surface area contributed by atoms with E-state index in [9.17, 15) is 9.59 Å². The average Bonchev–Trinajstić information content (AvgIpc) is 3.46. The number of ether oxygens (including phenoxy) is 2. The quantitative estimate of drug-likeness (QED) is 0.614. The Morgan fingerprint density at radius 3 is 2.58 bits per heavy atom. The van der Waals surface area contributed by atoms with Crippen molar-refractivity contribution in [1.82, 2.24) is 4.57 Å². The van der Waals surface area contributed by atoms with Gasteiger partial charge >= 0.3 is 5.97 Å². The van der Waals surface area contributed by atoms with Gasteiger partial charge in [-0.3, -0.25) is 4.79 Å². The van der Waals surface area contributed by atoms with Crippen molar-refractivity contribution in [2.24, 2.45) is 5.92 Å². The van der Waals surface area contributed by atoms with Gasteiger partial charge in [-0.05, 0) is 43.5 Å². The smallest absolute Gasteiger partial charge is 0.343 e. The number of rotatable bonds is 5. The number of esters is 1. The molecular formula is C21H21NO4. The summed E-state index contributed by atoms with van der Waals surface area (Å²) in [7, 11) is 1.29. The van der Waals surface area contributed by atoms with Crippen molar-refractivity contribution in [2.45, 2.75) is 26.3 Å². The van der Waals surface area contributed by atoms with Crippen molar-refractivity contribution in [3.63, 3.8) is 0 Å². The highest BCUT2D eigenvalue weighted by Crippen LogP contribution is 2.27. The fraction of sp³-hybridized carbons (Fsp3) is 0.333. The van der Waals surface area contributed by atoms with Crippen molar-refractivity contribution in [3.05, 3.63) is 63.6 Å². The lowest BCUT2D eigenvalue weighted by Crippen LogP contribution is -2.23. The molecule has 5 heteroatoms. The van der Waals surface area contributed by atoms with E-state index in [1.54, 1.807) is 10.6 Å². The molecule has 0 atom stereocenters. The molecule has 2 aromatic rings. The van der Waals surface area contributed by atoms with E-state index in [4.69, 9.17) is 4.74 Å². The van der Waals surface area contributed by atoms with Crippen LogP contribution in [0, 0.1) is 24.7 Å². The molecular weight excluding hydrogens is 330 g/mol. The van der Waals surface area contributed by atoms with E-state index in [0.29, 0.717) is 18.2 Å². The molecule has 0 bridgehead atoms. The first-order valence-corrected chi connectivity index (χ1v) is 8.57. The summed E-state index contributed by atoms with van der Waals surface area (Å²) in [5.41, 5.74) is 2.60. The molecule has 1 aromatic heterocycles. The number of aromatic nitrogens is 1. The monoisotopic (exact) mass is 351 g/mol. The van der Waals surface area contributed by atoms with Crippen LogP contribution in [0.1, 0.15) is 29.7 Å². The Hall–Kier alpha value is -3.00. The normalized spacial score (nSPS) is 12.8. The van der Waals surface area contributed by atoms with Gasteiger partial charge in [-0.2, -0.15) is 0 Å². The SMILES string of the molecule is COC(=O)COc1cc(C)n(Cc2ccc(C#CC3CC3)cc2)c(=O)c1. The molecule has 134 valence electrons. The summed E-state index contributed by atoms with van der Waals surface area (Å²) in [5, 5.41) is 0. The first-order chi connectivity index (χ1) is 12.5. The second-order valence-corrected chi connectivity index (χ2v) is 6.36. The van der Waals surface area contributed by atoms with Crippen molar-refractivity contribution in [3.8, 4) is 17.6 Å². The van der Waals surface area contributed by atoms with E-state index >= 15 is 0 Å². The first kappa shape index (κ1) is 17.8. The molecule has 0 amide bonds. The van der Waals surface area contributed by atoms with Gasteiger partial charge in [-0.25, -0.2) is 4.79 Å². The van der Waals surface area contributed by atoms with Crippen molar-refractivity contribution < 1.29 is 14.3 Å². The first-order valence-electron chi connectivity index (χ1n) is 8.57. The number of methoxy groups -OCH3 is 1. The summed E-state index contributed by atoms with van der Waals surface area (Å²) in [5.74, 6) is 6.87. The molecule has 0 N–H and O–H groups in total. The molecule has 3 rings (SSSR count). The second kappa shape index (κ2) is 7.92. The maximum absolute atomic E-state index is 12.4. The van der Waals surface area contributed by atoms with Gasteiger partial charge in [-0.15, -0.1) is 0 Å². The molecule has 26 heavy (non-hydrogen) atoms. The molecule has 1 aromatic carbocycles. The van der Waals surface area contributed by atoms with Crippen LogP contribution in [0.4, 0.5) is 0 Å². The highest BCUT2D eigenvalue weighted by Gasteiger charge is 2.17. The highest BCUT2D eigenvalue weighted by atomic mass is 16.6. The number of aryl methyl sites for hydroxylation is 1. The Labute approximate surface area is 152 Å². The van der Waals surface area contributed by atoms with Crippen LogP contribution in [0.25, 0.3) is 0 Å². The van der Waals surface area contributed by atoms with Gasteiger partial charge in [0.2, 0.25) is 0 Å². The fourth-order valence-corrected chi connectivity index (χ4v) is 2.48. The number of nitrogens with zero attached hydrogens (tertiary/aromatic N) is 1. The standard InChI is InChI=1S/C21H21NO4/c1-15-11-19(26-14-21(24)25-2)12-20(23)22(15)13-18-9-7-17(8-10-18)6-5-16-3-4-16/h7-12,16H,3-4,13-14H2,1-2H3. The van der Waals surface area contributed by atoms with E-state index in [0.717, 1.165) is 16.8 Å². The number of benzene rings is 1. The van der Waals surface area contributed by atoms with Crippen LogP contribution >= 0.6 is 0 Å². The molecule has 1 saturated carbocycles. The minimum Gasteiger partial charge on any atom is -0.482 e. The molecule has 1 aliphatic rings. The zero-order valence-corrected chi connectivity index (χ0v) is 15.0. The molecule has 1 fully saturated rings. The van der Waals surface area contributed by atoms with Crippen molar-refractivity contribution >= 4 is 5.97 Å². The van der Waals surface area contributed by atoms with Crippen LogP contribution in [-0.2, 0) is 16.1 Å². The molecule has 1 heterocycles. The van der Waals surface area contributed by atoms with Crippen LogP contribution in [0.2, 0.25) is 0 Å². The molecule has 0 unspecified atom stereocenters. The fourth-order valence-electron chi connectivity index (χ4n) is 2.48. The van der Waals surface area contributed by atoms with Gasteiger partial charge in [-0.1, -0.05) is 24.0 Å². The summed E-state index contributed by atoms with van der Waals surface area (Å²) in [6.07, 6.45) is 2.43. The van der Waals surface area contributed by atoms with Crippen LogP contribution in [0.3, 0.4) is 0 Å². The van der Waals surface area contributed by atoms with E-state index in [-0.39, 0.29) is 12.2 Å². The number of carbonyl (C=O) groups is 1. The minimum absolute atomic E-state index is 0.178. The Kier molecular flexibility index (Phi) is 5.43. The number of hydrogen-bond donors (Lipinski definition) is 0. The van der Waals surface area contributed by atoms with E-state index < -0.39 is 5.97 Å². The van der Waals surface area contributed by atoms with Crippen molar-refractivity contribution in [2.75, 3.05) is 13.7 Å². The van der Waals surface area contributed by atoms with Gasteiger partial charge in [0.05, 0.1) is 13.7 Å². The summed E-state index contributed by atoms with van der Waals surface area (Å²) >= 11 is 0. The molecule has 0 radical (unpaired) electrons. The summed E-state index contributed by atoms with van der Waals surface area (Å²) in [4.78, 5) is 23.5. The third kappa shape index (κ3) is 4.76. The van der Waals surface area contributed by atoms with Crippen LogP contribution in [-0.4, -0.2) is 24.3 Å². The lowest BCUT2D eigenvalue weighted by Gasteiger charge is -2.12. The van der Waals surface area contributed by atoms with Gasteiger partial charge in [0.15, 0.2) is 6.61 Å². The lowest BCUT2D eigenvalue weighted by atomic mass is 10.1. The van der Waals surface area contributed by atoms with Crippen molar-refractivity contribution in [1.29, 1.82) is 0 Å². The topological polar surface area (TPSA) is 57.5 Å². The predicted octanol–water partition coefficient (Wildman–Crippen LogP) is 2.52. The van der Waals surface area contributed by atoms with Gasteiger partial charge in [0.1, 0.15) is 5.75 Å². The predicted molar refractivity (Wildman–Crippen MR) is 98.1 cm³/mol. The molecule has 1 aliphatic carbocycles. The molecule has 0 saturated heterocycles. The molecule has 0 spiro atoms. The van der Waals surface area contributed by atoms with E-state index in [1.165, 1.54) is 26.0 Å².